The van der Waals surface area contributed by atoms with E-state index in [0.29, 0.717) is 17.9 Å². The molecular weight excluding hydrogens is 261 g/mol. The fourth-order valence-electron chi connectivity index (χ4n) is 2.37. The van der Waals surface area contributed by atoms with Gasteiger partial charge in [0.2, 0.25) is 0 Å². The first kappa shape index (κ1) is 13.1. The van der Waals surface area contributed by atoms with Crippen LogP contribution in [0.25, 0.3) is 0 Å². The number of ether oxygens (including phenoxy) is 1. The first-order chi connectivity index (χ1) is 9.54. The molecule has 0 N–H and O–H groups in total. The molecule has 0 saturated carbocycles. The summed E-state index contributed by atoms with van der Waals surface area (Å²) < 4.78 is 38.3. The van der Waals surface area contributed by atoms with Gasteiger partial charge in [0.15, 0.2) is 17.4 Å². The Morgan fingerprint density at radius 1 is 1.15 bits per heavy atom. The van der Waals surface area contributed by atoms with E-state index in [9.17, 15) is 8.78 Å². The Balaban J connectivity index is 1.93. The highest BCUT2D eigenvalue weighted by molar-refractivity contribution is 6.67. The van der Waals surface area contributed by atoms with Crippen molar-refractivity contribution in [2.45, 2.75) is 20.4 Å². The first-order valence-electron chi connectivity index (χ1n) is 6.42. The van der Waals surface area contributed by atoms with E-state index in [2.05, 4.69) is 0 Å². The number of aryl methyl sites for hydroxylation is 1. The molecule has 0 amide bonds. The molecule has 102 valence electrons. The zero-order valence-electron chi connectivity index (χ0n) is 11.2. The summed E-state index contributed by atoms with van der Waals surface area (Å²) >= 11 is 0. The fraction of sp³-hybridized carbons (Fsp3) is 0.200. The van der Waals surface area contributed by atoms with Crippen molar-refractivity contribution in [1.82, 2.24) is 0 Å². The molecule has 1 aliphatic heterocycles. The largest absolute Gasteiger partial charge is 0.451 e. The highest BCUT2D eigenvalue weighted by Crippen LogP contribution is 2.29. The minimum Gasteiger partial charge on any atom is -0.451 e. The number of hydrogen-bond acceptors (Lipinski definition) is 2. The molecule has 2 aromatic carbocycles. The maximum Gasteiger partial charge on any atom is 0.324 e. The van der Waals surface area contributed by atoms with Crippen LogP contribution in [-0.2, 0) is 11.3 Å². The summed E-state index contributed by atoms with van der Waals surface area (Å²) in [6.45, 7) is 4.13. The third-order valence-electron chi connectivity index (χ3n) is 3.40. The topological polar surface area (TPSA) is 18.5 Å². The Hall–Kier alpha value is -1.88. The molecule has 0 aliphatic carbocycles. The molecule has 0 spiro atoms. The molecule has 0 unspecified atom stereocenters. The monoisotopic (exact) mass is 274 g/mol. The Morgan fingerprint density at radius 3 is 2.55 bits per heavy atom. The van der Waals surface area contributed by atoms with Gasteiger partial charge >= 0.3 is 6.92 Å². The average molecular weight is 274 g/mol. The second kappa shape index (κ2) is 4.91. The summed E-state index contributed by atoms with van der Waals surface area (Å²) in [5.41, 5.74) is 2.59. The number of benzene rings is 2. The van der Waals surface area contributed by atoms with Gasteiger partial charge in [-0.15, -0.1) is 0 Å². The third-order valence-corrected chi connectivity index (χ3v) is 3.40. The molecule has 0 saturated heterocycles. The van der Waals surface area contributed by atoms with Crippen LogP contribution in [-0.4, -0.2) is 6.92 Å². The van der Waals surface area contributed by atoms with Crippen LogP contribution in [0.1, 0.15) is 11.1 Å². The molecule has 0 bridgehead atoms. The van der Waals surface area contributed by atoms with Gasteiger partial charge in [-0.2, -0.15) is 0 Å². The smallest absolute Gasteiger partial charge is 0.324 e. The second-order valence-corrected chi connectivity index (χ2v) is 4.97. The lowest BCUT2D eigenvalue weighted by atomic mass is 9.64. The lowest BCUT2D eigenvalue weighted by Crippen LogP contribution is -2.23. The van der Waals surface area contributed by atoms with Crippen LogP contribution in [0.15, 0.2) is 30.3 Å². The van der Waals surface area contributed by atoms with E-state index in [1.807, 2.05) is 12.9 Å². The summed E-state index contributed by atoms with van der Waals surface area (Å²) in [6, 6.07) is 7.82. The van der Waals surface area contributed by atoms with Gasteiger partial charge in [-0.05, 0) is 47.8 Å². The predicted octanol–water partition coefficient (Wildman–Crippen LogP) is 3.42. The van der Waals surface area contributed by atoms with E-state index < -0.39 is 11.6 Å². The van der Waals surface area contributed by atoms with Crippen LogP contribution >= 0.6 is 0 Å². The molecule has 2 nitrogen and oxygen atoms in total. The van der Waals surface area contributed by atoms with Gasteiger partial charge in [0, 0.05) is 0 Å². The molecule has 3 rings (SSSR count). The maximum atomic E-state index is 13.7. The van der Waals surface area contributed by atoms with E-state index in [1.54, 1.807) is 19.1 Å². The summed E-state index contributed by atoms with van der Waals surface area (Å²) in [5, 5.41) is 0. The molecule has 0 radical (unpaired) electrons. The summed E-state index contributed by atoms with van der Waals surface area (Å²) in [7, 11) is 0. The van der Waals surface area contributed by atoms with Crippen molar-refractivity contribution in [3.05, 3.63) is 53.1 Å². The van der Waals surface area contributed by atoms with Gasteiger partial charge in [0.05, 0.1) is 6.61 Å². The van der Waals surface area contributed by atoms with Crippen molar-refractivity contribution in [3.63, 3.8) is 0 Å². The van der Waals surface area contributed by atoms with Crippen LogP contribution in [0.3, 0.4) is 0 Å². The predicted molar refractivity (Wildman–Crippen MR) is 73.7 cm³/mol. The average Bonchev–Trinajstić information content (AvgIpc) is 2.75. The van der Waals surface area contributed by atoms with Gasteiger partial charge in [-0.1, -0.05) is 12.9 Å². The molecule has 0 aromatic heterocycles. The number of rotatable bonds is 2. The van der Waals surface area contributed by atoms with Crippen LogP contribution in [0.5, 0.6) is 11.5 Å². The van der Waals surface area contributed by atoms with Crippen LogP contribution in [0.2, 0.25) is 6.82 Å². The van der Waals surface area contributed by atoms with E-state index in [4.69, 9.17) is 9.39 Å². The summed E-state index contributed by atoms with van der Waals surface area (Å²) in [6.07, 6.45) is 0. The summed E-state index contributed by atoms with van der Waals surface area (Å²) in [5.74, 6) is -1.37. The highest BCUT2D eigenvalue weighted by Gasteiger charge is 2.23. The lowest BCUT2D eigenvalue weighted by Gasteiger charge is -2.10. The minimum absolute atomic E-state index is 0.0481. The van der Waals surface area contributed by atoms with Crippen molar-refractivity contribution in [3.8, 4) is 11.5 Å². The molecular formula is C15H13BF2O2. The molecule has 0 fully saturated rings. The van der Waals surface area contributed by atoms with Crippen LogP contribution in [0.4, 0.5) is 8.78 Å². The quantitative estimate of drug-likeness (QED) is 0.781. The Kier molecular flexibility index (Phi) is 3.22. The van der Waals surface area contributed by atoms with Gasteiger partial charge < -0.3 is 9.39 Å². The highest BCUT2D eigenvalue weighted by atomic mass is 19.1. The second-order valence-electron chi connectivity index (χ2n) is 4.97. The number of fused-ring (bicyclic) bond motifs is 1. The molecule has 0 atom stereocenters. The molecule has 20 heavy (non-hydrogen) atoms. The number of hydrogen-bond donors (Lipinski definition) is 0. The van der Waals surface area contributed by atoms with Gasteiger partial charge in [-0.3, -0.25) is 0 Å². The standard InChI is InChI=1S/C15H13BF2O2/c1-9-5-13(17)15(14(18)6-9)20-11-3-4-12-10(7-11)8-19-16(12)2/h3-7H,8H2,1-2H3. The SMILES string of the molecule is CB1OCc2cc(Oc3c(F)cc(C)cc3F)ccc21. The Labute approximate surface area is 116 Å². The van der Waals surface area contributed by atoms with E-state index in [1.165, 1.54) is 12.1 Å². The molecule has 2 aromatic rings. The molecule has 5 heteroatoms. The Bertz CT molecular complexity index is 650. The van der Waals surface area contributed by atoms with Crippen molar-refractivity contribution >= 4 is 12.4 Å². The number of halogens is 2. The summed E-state index contributed by atoms with van der Waals surface area (Å²) in [4.78, 5) is 0. The van der Waals surface area contributed by atoms with Crippen LogP contribution in [0, 0.1) is 18.6 Å². The van der Waals surface area contributed by atoms with Crippen molar-refractivity contribution in [2.24, 2.45) is 0 Å². The first-order valence-corrected chi connectivity index (χ1v) is 6.42. The van der Waals surface area contributed by atoms with Gasteiger partial charge in [-0.25, -0.2) is 8.78 Å². The van der Waals surface area contributed by atoms with E-state index in [-0.39, 0.29) is 12.7 Å². The van der Waals surface area contributed by atoms with Crippen LogP contribution < -0.4 is 10.2 Å². The minimum atomic E-state index is -0.701. The van der Waals surface area contributed by atoms with Crippen molar-refractivity contribution in [2.75, 3.05) is 0 Å². The third kappa shape index (κ3) is 2.29. The Morgan fingerprint density at radius 2 is 1.85 bits per heavy atom. The van der Waals surface area contributed by atoms with E-state index >= 15 is 0 Å². The molecule has 1 heterocycles. The van der Waals surface area contributed by atoms with Gasteiger partial charge in [0.25, 0.3) is 0 Å². The normalized spacial score (nSPS) is 13.5. The van der Waals surface area contributed by atoms with Gasteiger partial charge in [0.1, 0.15) is 5.75 Å². The molecule has 1 aliphatic rings. The zero-order valence-corrected chi connectivity index (χ0v) is 11.2. The van der Waals surface area contributed by atoms with Crippen molar-refractivity contribution in [1.29, 1.82) is 0 Å². The maximum absolute atomic E-state index is 13.7. The van der Waals surface area contributed by atoms with Crippen molar-refractivity contribution < 1.29 is 18.2 Å². The van der Waals surface area contributed by atoms with E-state index in [0.717, 1.165) is 11.0 Å². The lowest BCUT2D eigenvalue weighted by molar-refractivity contribution is 0.333. The fourth-order valence-corrected chi connectivity index (χ4v) is 2.37. The zero-order chi connectivity index (χ0) is 14.3.